The molecule has 1 aliphatic heterocycles. The smallest absolute Gasteiger partial charge is 0.304 e. The maximum atomic E-state index is 15.2. The normalized spacial score (nSPS) is 44.3. The van der Waals surface area contributed by atoms with Crippen LogP contribution in [-0.4, -0.2) is 61.2 Å². The van der Waals surface area contributed by atoms with Crippen molar-refractivity contribution in [2.45, 2.75) is 62.9 Å². The summed E-state index contributed by atoms with van der Waals surface area (Å²) in [5.41, 5.74) is 0. The number of nitrogens with one attached hydrogen (secondary N) is 2. The van der Waals surface area contributed by atoms with Crippen LogP contribution in [0.3, 0.4) is 0 Å². The third-order valence-electron chi connectivity index (χ3n) is 6.29. The number of alkyl halides is 1. The molecule has 6 unspecified atom stereocenters. The van der Waals surface area contributed by atoms with Crippen LogP contribution in [0.4, 0.5) is 4.39 Å². The first-order valence-electron chi connectivity index (χ1n) is 9.23. The minimum absolute atomic E-state index is 0.0562. The molecule has 142 valence electrons. The zero-order chi connectivity index (χ0) is 17.8. The van der Waals surface area contributed by atoms with Gasteiger partial charge in [-0.25, -0.2) is 9.11 Å². The van der Waals surface area contributed by atoms with Crippen LogP contribution < -0.4 is 10.0 Å². The number of rotatable bonds is 4. The van der Waals surface area contributed by atoms with E-state index in [0.29, 0.717) is 18.9 Å². The van der Waals surface area contributed by atoms with Gasteiger partial charge in [0.25, 0.3) is 0 Å². The molecule has 0 bridgehead atoms. The molecule has 7 nitrogen and oxygen atoms in total. The highest BCUT2D eigenvalue weighted by Crippen LogP contribution is 2.44. The zero-order valence-corrected chi connectivity index (χ0v) is 14.9. The van der Waals surface area contributed by atoms with Crippen molar-refractivity contribution in [2.75, 3.05) is 13.1 Å². The number of halogens is 1. The molecule has 3 N–H and O–H groups in total. The van der Waals surface area contributed by atoms with Gasteiger partial charge in [0.15, 0.2) is 0 Å². The number of carbonyl (C=O) groups is 1. The first-order chi connectivity index (χ1) is 11.8. The Labute approximate surface area is 147 Å². The minimum atomic E-state index is -4.04. The van der Waals surface area contributed by atoms with Crippen LogP contribution in [0.2, 0.25) is 0 Å². The predicted octanol–water partition coefficient (Wildman–Crippen LogP) is -0.0812. The molecule has 0 aromatic heterocycles. The Hall–Kier alpha value is -0.770. The second-order valence-corrected chi connectivity index (χ2v) is 9.72. The molecule has 4 rings (SSSR count). The Bertz CT molecular complexity index is 641. The summed E-state index contributed by atoms with van der Waals surface area (Å²) in [6.45, 7) is 0.611. The first kappa shape index (κ1) is 17.6. The number of hydrogen-bond donors (Lipinski definition) is 3. The van der Waals surface area contributed by atoms with Gasteiger partial charge in [-0.05, 0) is 62.8 Å². The molecule has 0 aromatic rings. The van der Waals surface area contributed by atoms with Crippen molar-refractivity contribution in [3.05, 3.63) is 0 Å². The minimum Gasteiger partial charge on any atom is -0.391 e. The van der Waals surface area contributed by atoms with Crippen LogP contribution in [0.5, 0.6) is 0 Å². The van der Waals surface area contributed by atoms with Crippen LogP contribution in [0.25, 0.3) is 0 Å². The van der Waals surface area contributed by atoms with Crippen molar-refractivity contribution in [1.82, 2.24) is 14.3 Å². The summed E-state index contributed by atoms with van der Waals surface area (Å²) in [6, 6.07) is -0.808. The molecule has 3 aliphatic carbocycles. The van der Waals surface area contributed by atoms with Crippen LogP contribution in [0.15, 0.2) is 0 Å². The second kappa shape index (κ2) is 6.44. The maximum absolute atomic E-state index is 15.2. The predicted molar refractivity (Wildman–Crippen MR) is 88.4 cm³/mol. The molecule has 3 saturated carbocycles. The lowest BCUT2D eigenvalue weighted by atomic mass is 9.66. The summed E-state index contributed by atoms with van der Waals surface area (Å²) in [6.07, 6.45) is 2.82. The molecule has 0 radical (unpaired) electrons. The van der Waals surface area contributed by atoms with Crippen LogP contribution >= 0.6 is 0 Å². The average molecular weight is 375 g/mol. The molecule has 1 amide bonds. The molecule has 1 saturated heterocycles. The monoisotopic (exact) mass is 375 g/mol. The molecule has 0 spiro atoms. The van der Waals surface area contributed by atoms with Gasteiger partial charge in [-0.3, -0.25) is 4.79 Å². The van der Waals surface area contributed by atoms with Crippen molar-refractivity contribution in [1.29, 1.82) is 0 Å². The van der Waals surface area contributed by atoms with Gasteiger partial charge in [0.1, 0.15) is 6.17 Å². The third-order valence-corrected chi connectivity index (χ3v) is 7.77. The lowest BCUT2D eigenvalue weighted by Crippen LogP contribution is -2.59. The van der Waals surface area contributed by atoms with E-state index in [1.807, 2.05) is 4.72 Å². The first-order valence-corrected chi connectivity index (χ1v) is 10.7. The van der Waals surface area contributed by atoms with Gasteiger partial charge >= 0.3 is 10.2 Å². The highest BCUT2D eigenvalue weighted by atomic mass is 32.2. The van der Waals surface area contributed by atoms with Crippen molar-refractivity contribution in [3.8, 4) is 0 Å². The zero-order valence-electron chi connectivity index (χ0n) is 14.1. The van der Waals surface area contributed by atoms with Gasteiger partial charge in [-0.15, -0.1) is 0 Å². The molecule has 25 heavy (non-hydrogen) atoms. The summed E-state index contributed by atoms with van der Waals surface area (Å²) in [5, 5.41) is 14.0. The van der Waals surface area contributed by atoms with Crippen molar-refractivity contribution < 1.29 is 22.7 Å². The van der Waals surface area contributed by atoms with Gasteiger partial charge in [-0.1, -0.05) is 0 Å². The van der Waals surface area contributed by atoms with E-state index in [-0.39, 0.29) is 11.8 Å². The molecule has 0 aromatic carbocycles. The average Bonchev–Trinajstić information content (AvgIpc) is 3.31. The maximum Gasteiger partial charge on any atom is 0.304 e. The molecule has 6 atom stereocenters. The highest BCUT2D eigenvalue weighted by molar-refractivity contribution is 7.88. The summed E-state index contributed by atoms with van der Waals surface area (Å²) in [4.78, 5) is 11.4. The van der Waals surface area contributed by atoms with Crippen molar-refractivity contribution >= 4 is 16.1 Å². The quantitative estimate of drug-likeness (QED) is 0.638. The van der Waals surface area contributed by atoms with E-state index in [1.165, 1.54) is 12.8 Å². The fourth-order valence-corrected chi connectivity index (χ4v) is 6.15. The van der Waals surface area contributed by atoms with Gasteiger partial charge in [0.05, 0.1) is 18.7 Å². The molecule has 4 aliphatic rings. The molecular formula is C16H26FN3O4S. The Morgan fingerprint density at radius 2 is 2.00 bits per heavy atom. The van der Waals surface area contributed by atoms with Crippen molar-refractivity contribution in [3.63, 3.8) is 0 Å². The SMILES string of the molecule is O=C1CN(C2C(O)CC3CC(NCC4CC4)CCC3C2F)S(=O)(=O)N1. The summed E-state index contributed by atoms with van der Waals surface area (Å²) in [7, 11) is -4.04. The van der Waals surface area contributed by atoms with Crippen LogP contribution in [0.1, 0.15) is 38.5 Å². The van der Waals surface area contributed by atoms with Crippen molar-refractivity contribution in [2.24, 2.45) is 17.8 Å². The van der Waals surface area contributed by atoms with E-state index >= 15 is 4.39 Å². The topological polar surface area (TPSA) is 98.7 Å². The Kier molecular flexibility index (Phi) is 4.54. The Morgan fingerprint density at radius 1 is 1.24 bits per heavy atom. The second-order valence-electron chi connectivity index (χ2n) is 8.10. The summed E-state index contributed by atoms with van der Waals surface area (Å²) < 4.78 is 41.9. The Morgan fingerprint density at radius 3 is 2.64 bits per heavy atom. The molecule has 4 fully saturated rings. The van der Waals surface area contributed by atoms with Crippen LogP contribution in [0, 0.1) is 17.8 Å². The number of aliphatic hydroxyl groups excluding tert-OH is 1. The van der Waals surface area contributed by atoms with E-state index in [4.69, 9.17) is 0 Å². The largest absolute Gasteiger partial charge is 0.391 e. The lowest BCUT2D eigenvalue weighted by molar-refractivity contribution is -0.119. The Balaban J connectivity index is 1.44. The molecular weight excluding hydrogens is 349 g/mol. The van der Waals surface area contributed by atoms with E-state index < -0.39 is 41.0 Å². The van der Waals surface area contributed by atoms with Gasteiger partial charge < -0.3 is 10.4 Å². The summed E-state index contributed by atoms with van der Waals surface area (Å²) >= 11 is 0. The van der Waals surface area contributed by atoms with Crippen LogP contribution in [-0.2, 0) is 15.0 Å². The number of aliphatic hydroxyl groups is 1. The summed E-state index contributed by atoms with van der Waals surface area (Å²) in [5.74, 6) is -0.0770. The van der Waals surface area contributed by atoms with Gasteiger partial charge in [-0.2, -0.15) is 12.7 Å². The number of amides is 1. The highest BCUT2D eigenvalue weighted by Gasteiger charge is 2.53. The fraction of sp³-hybridized carbons (Fsp3) is 0.938. The van der Waals surface area contributed by atoms with Gasteiger partial charge in [0, 0.05) is 6.04 Å². The number of fused-ring (bicyclic) bond motifs is 1. The molecule has 1 heterocycles. The number of hydrogen-bond acceptors (Lipinski definition) is 5. The van der Waals surface area contributed by atoms with E-state index in [1.54, 1.807) is 0 Å². The number of nitrogens with zero attached hydrogens (tertiary/aromatic N) is 1. The van der Waals surface area contributed by atoms with E-state index in [9.17, 15) is 18.3 Å². The number of carbonyl (C=O) groups excluding carboxylic acids is 1. The lowest BCUT2D eigenvalue weighted by Gasteiger charge is -2.48. The standard InChI is InChI=1S/C16H26FN3O4S/c17-15-12-4-3-11(18-7-9-1-2-9)5-10(12)6-13(21)16(15)20-8-14(22)19-25(20,23)24/h9-13,15-16,18,21H,1-8H2,(H,19,22). The molecule has 9 heteroatoms. The van der Waals surface area contributed by atoms with E-state index in [0.717, 1.165) is 29.6 Å². The fourth-order valence-electron chi connectivity index (χ4n) is 4.81. The third kappa shape index (κ3) is 3.43. The van der Waals surface area contributed by atoms with E-state index in [2.05, 4.69) is 5.32 Å². The van der Waals surface area contributed by atoms with Gasteiger partial charge in [0.2, 0.25) is 5.91 Å².